The molecule has 1 aliphatic carbocycles. The van der Waals surface area contributed by atoms with Crippen molar-refractivity contribution in [3.63, 3.8) is 0 Å². The summed E-state index contributed by atoms with van der Waals surface area (Å²) in [6, 6.07) is 10.3. The van der Waals surface area contributed by atoms with E-state index < -0.39 is 0 Å². The summed E-state index contributed by atoms with van der Waals surface area (Å²) >= 11 is 0. The van der Waals surface area contributed by atoms with Crippen molar-refractivity contribution in [2.45, 2.75) is 38.4 Å². The summed E-state index contributed by atoms with van der Waals surface area (Å²) in [5, 5.41) is 4.35. The van der Waals surface area contributed by atoms with Crippen LogP contribution in [0.5, 0.6) is 0 Å². The highest BCUT2D eigenvalue weighted by atomic mass is 16.5. The van der Waals surface area contributed by atoms with Gasteiger partial charge >= 0.3 is 0 Å². The molecule has 5 heteroatoms. The summed E-state index contributed by atoms with van der Waals surface area (Å²) in [6.45, 7) is 3.30. The van der Waals surface area contributed by atoms with Crippen molar-refractivity contribution >= 4 is 5.91 Å². The fourth-order valence-electron chi connectivity index (χ4n) is 3.67. The fourth-order valence-corrected chi connectivity index (χ4v) is 3.67. The highest BCUT2D eigenvalue weighted by Gasteiger charge is 2.40. The summed E-state index contributed by atoms with van der Waals surface area (Å²) in [5.74, 6) is 0.785. The molecular weight excluding hydrogens is 314 g/mol. The normalized spacial score (nSPS) is 23.7. The number of carbonyl (C=O) groups is 1. The van der Waals surface area contributed by atoms with Gasteiger partial charge in [-0.05, 0) is 31.2 Å². The lowest BCUT2D eigenvalue weighted by Gasteiger charge is -2.38. The van der Waals surface area contributed by atoms with Crippen molar-refractivity contribution < 1.29 is 9.53 Å². The van der Waals surface area contributed by atoms with Gasteiger partial charge in [-0.2, -0.15) is 5.10 Å². The van der Waals surface area contributed by atoms with Crippen molar-refractivity contribution in [2.75, 3.05) is 13.1 Å². The van der Waals surface area contributed by atoms with Crippen molar-refractivity contribution in [1.82, 2.24) is 14.7 Å². The second-order valence-electron chi connectivity index (χ2n) is 7.30. The molecule has 1 aromatic carbocycles. The molecule has 132 valence electrons. The van der Waals surface area contributed by atoms with Crippen LogP contribution in [-0.2, 0) is 23.0 Å². The molecule has 0 bridgehead atoms. The van der Waals surface area contributed by atoms with Crippen LogP contribution in [0.1, 0.15) is 35.8 Å². The first-order valence-corrected chi connectivity index (χ1v) is 9.07. The number of rotatable bonds is 4. The molecule has 0 unspecified atom stereocenters. The van der Waals surface area contributed by atoms with Crippen molar-refractivity contribution in [3.05, 3.63) is 53.3 Å². The first-order valence-electron chi connectivity index (χ1n) is 9.07. The van der Waals surface area contributed by atoms with Crippen LogP contribution in [0.3, 0.4) is 0 Å². The molecule has 2 heterocycles. The number of hydrogen-bond donors (Lipinski definition) is 0. The topological polar surface area (TPSA) is 47.4 Å². The summed E-state index contributed by atoms with van der Waals surface area (Å²) in [5.41, 5.74) is 3.10. The maximum atomic E-state index is 12.9. The molecule has 0 N–H and O–H groups in total. The molecule has 0 radical (unpaired) electrons. The zero-order valence-electron chi connectivity index (χ0n) is 14.9. The first-order chi connectivity index (χ1) is 12.1. The second-order valence-corrected chi connectivity index (χ2v) is 7.30. The summed E-state index contributed by atoms with van der Waals surface area (Å²) < 4.78 is 8.12. The Morgan fingerprint density at radius 2 is 2.00 bits per heavy atom. The predicted molar refractivity (Wildman–Crippen MR) is 95.0 cm³/mol. The van der Waals surface area contributed by atoms with E-state index in [1.165, 1.54) is 12.8 Å². The molecule has 1 aliphatic heterocycles. The molecule has 2 aromatic rings. The van der Waals surface area contributed by atoms with Crippen molar-refractivity contribution in [2.24, 2.45) is 13.0 Å². The largest absolute Gasteiger partial charge is 0.366 e. The summed E-state index contributed by atoms with van der Waals surface area (Å²) in [4.78, 5) is 14.9. The van der Waals surface area contributed by atoms with Gasteiger partial charge in [-0.3, -0.25) is 9.48 Å². The van der Waals surface area contributed by atoms with E-state index in [4.69, 9.17) is 4.74 Å². The third kappa shape index (κ3) is 3.61. The zero-order valence-corrected chi connectivity index (χ0v) is 14.9. The molecular formula is C20H25N3O2. The number of aryl methyl sites for hydroxylation is 2. The number of morpholine rings is 1. The van der Waals surface area contributed by atoms with Crippen LogP contribution in [-0.4, -0.2) is 39.8 Å². The minimum atomic E-state index is -0.0282. The van der Waals surface area contributed by atoms with E-state index in [1.54, 1.807) is 4.68 Å². The quantitative estimate of drug-likeness (QED) is 0.860. The van der Waals surface area contributed by atoms with Gasteiger partial charge in [-0.1, -0.05) is 30.3 Å². The molecule has 1 aromatic heterocycles. The van der Waals surface area contributed by atoms with Crippen LogP contribution in [0.25, 0.3) is 0 Å². The van der Waals surface area contributed by atoms with Gasteiger partial charge in [0.2, 0.25) is 5.91 Å². The lowest BCUT2D eigenvalue weighted by molar-refractivity contribution is -0.147. The Labute approximate surface area is 148 Å². The van der Waals surface area contributed by atoms with Gasteiger partial charge in [0.1, 0.15) is 6.10 Å². The third-order valence-electron chi connectivity index (χ3n) is 5.25. The van der Waals surface area contributed by atoms with Gasteiger partial charge in [0.15, 0.2) is 0 Å². The maximum Gasteiger partial charge on any atom is 0.227 e. The number of benzene rings is 1. The van der Waals surface area contributed by atoms with E-state index in [9.17, 15) is 4.79 Å². The molecule has 4 rings (SSSR count). The van der Waals surface area contributed by atoms with E-state index >= 15 is 0 Å². The van der Waals surface area contributed by atoms with Gasteiger partial charge in [-0.25, -0.2) is 0 Å². The van der Waals surface area contributed by atoms with Crippen LogP contribution in [0.2, 0.25) is 0 Å². The molecule has 1 saturated heterocycles. The average Bonchev–Trinajstić information content (AvgIpc) is 3.42. The molecule has 2 fully saturated rings. The van der Waals surface area contributed by atoms with Crippen molar-refractivity contribution in [3.8, 4) is 0 Å². The Balaban J connectivity index is 1.51. The van der Waals surface area contributed by atoms with E-state index in [1.807, 2.05) is 43.3 Å². The Morgan fingerprint density at radius 1 is 1.24 bits per heavy atom. The SMILES string of the molecule is Cc1nn(C)cc1CC(=O)N1C[C@@H](c2ccccc2)O[C@@H](C2CC2)C1. The number of carbonyl (C=O) groups excluding carboxylic acids is 1. The van der Waals surface area contributed by atoms with E-state index in [0.717, 1.165) is 16.8 Å². The molecule has 1 amide bonds. The molecule has 2 aliphatic rings. The third-order valence-corrected chi connectivity index (χ3v) is 5.25. The Kier molecular flexibility index (Phi) is 4.34. The van der Waals surface area contributed by atoms with Gasteiger partial charge in [-0.15, -0.1) is 0 Å². The van der Waals surface area contributed by atoms with E-state index in [0.29, 0.717) is 25.4 Å². The first kappa shape index (κ1) is 16.3. The number of hydrogen-bond acceptors (Lipinski definition) is 3. The number of amides is 1. The Morgan fingerprint density at radius 3 is 2.64 bits per heavy atom. The lowest BCUT2D eigenvalue weighted by atomic mass is 10.0. The molecule has 5 nitrogen and oxygen atoms in total. The summed E-state index contributed by atoms with van der Waals surface area (Å²) in [6.07, 6.45) is 4.93. The minimum absolute atomic E-state index is 0.0282. The summed E-state index contributed by atoms with van der Waals surface area (Å²) in [7, 11) is 1.89. The number of aromatic nitrogens is 2. The average molecular weight is 339 g/mol. The van der Waals surface area contributed by atoms with Gasteiger partial charge in [0.05, 0.1) is 24.8 Å². The second kappa shape index (κ2) is 6.64. The number of ether oxygens (including phenoxy) is 1. The van der Waals surface area contributed by atoms with Crippen LogP contribution in [0.4, 0.5) is 0 Å². The van der Waals surface area contributed by atoms with Crippen LogP contribution in [0.15, 0.2) is 36.5 Å². The van der Waals surface area contributed by atoms with Gasteiger partial charge < -0.3 is 9.64 Å². The van der Waals surface area contributed by atoms with Crippen LogP contribution >= 0.6 is 0 Å². The Hall–Kier alpha value is -2.14. The van der Waals surface area contributed by atoms with Crippen LogP contribution < -0.4 is 0 Å². The molecule has 2 atom stereocenters. The molecule has 25 heavy (non-hydrogen) atoms. The van der Waals surface area contributed by atoms with E-state index in [-0.39, 0.29) is 18.1 Å². The minimum Gasteiger partial charge on any atom is -0.366 e. The Bertz CT molecular complexity index is 752. The molecule has 0 spiro atoms. The van der Waals surface area contributed by atoms with Gasteiger partial charge in [0.25, 0.3) is 0 Å². The van der Waals surface area contributed by atoms with Crippen LogP contribution in [0, 0.1) is 12.8 Å². The highest BCUT2D eigenvalue weighted by Crippen LogP contribution is 2.39. The van der Waals surface area contributed by atoms with Gasteiger partial charge in [0, 0.05) is 25.4 Å². The smallest absolute Gasteiger partial charge is 0.227 e. The molecule has 1 saturated carbocycles. The van der Waals surface area contributed by atoms with E-state index in [2.05, 4.69) is 17.2 Å². The highest BCUT2D eigenvalue weighted by molar-refractivity contribution is 5.79. The zero-order chi connectivity index (χ0) is 17.4. The number of nitrogens with zero attached hydrogens (tertiary/aromatic N) is 3. The predicted octanol–water partition coefficient (Wildman–Crippen LogP) is 2.65. The maximum absolute atomic E-state index is 12.9. The fraction of sp³-hybridized carbons (Fsp3) is 0.500. The lowest BCUT2D eigenvalue weighted by Crippen LogP contribution is -2.48. The van der Waals surface area contributed by atoms with Crippen molar-refractivity contribution in [1.29, 1.82) is 0 Å². The monoisotopic (exact) mass is 339 g/mol. The standard InChI is InChI=1S/C20H25N3O2/c1-14-17(11-22(2)21-14)10-20(24)23-12-18(15-6-4-3-5-7-15)25-19(13-23)16-8-9-16/h3-7,11,16,18-19H,8-10,12-13H2,1-2H3/t18-,19+/m0/s1.